The number of benzene rings is 1. The number of nitrogens with two attached hydrogens (primary N) is 2. The summed E-state index contributed by atoms with van der Waals surface area (Å²) in [5.41, 5.74) is 12.5. The molecule has 1 amide bonds. The average Bonchev–Trinajstić information content (AvgIpc) is 2.91. The van der Waals surface area contributed by atoms with E-state index in [9.17, 15) is 13.2 Å². The molecule has 7 nitrogen and oxygen atoms in total. The van der Waals surface area contributed by atoms with Gasteiger partial charge in [0.25, 0.3) is 0 Å². The van der Waals surface area contributed by atoms with Gasteiger partial charge in [0.1, 0.15) is 0 Å². The summed E-state index contributed by atoms with van der Waals surface area (Å²) in [5.74, 6) is -0.411. The van der Waals surface area contributed by atoms with Crippen LogP contribution in [0.3, 0.4) is 0 Å². The molecule has 0 aliphatic rings. The molecule has 1 atom stereocenters. The van der Waals surface area contributed by atoms with Crippen molar-refractivity contribution in [2.45, 2.75) is 128 Å². The van der Waals surface area contributed by atoms with Crippen LogP contribution in [0.15, 0.2) is 30.3 Å². The summed E-state index contributed by atoms with van der Waals surface area (Å²) in [6, 6.07) is 8.72. The molecule has 39 heavy (non-hydrogen) atoms. The number of nitrogens with one attached hydrogen (secondary N) is 1. The molecule has 0 saturated heterocycles. The minimum Gasteiger partial charge on any atom is -0.355 e. The van der Waals surface area contributed by atoms with Crippen LogP contribution in [-0.4, -0.2) is 50.9 Å². The lowest BCUT2D eigenvalue weighted by molar-refractivity contribution is -0.121. The predicted molar refractivity (Wildman–Crippen MR) is 165 cm³/mol. The number of nitrogens with zero attached hydrogens (tertiary/aromatic N) is 1. The van der Waals surface area contributed by atoms with Crippen LogP contribution in [0.1, 0.15) is 122 Å². The summed E-state index contributed by atoms with van der Waals surface area (Å²) < 4.78 is 27.6. The summed E-state index contributed by atoms with van der Waals surface area (Å²) in [6.07, 6.45) is 20.4. The molecule has 0 aliphatic carbocycles. The van der Waals surface area contributed by atoms with Gasteiger partial charge in [-0.25, -0.2) is 8.42 Å². The lowest BCUT2D eigenvalue weighted by Gasteiger charge is -2.25. The van der Waals surface area contributed by atoms with Crippen molar-refractivity contribution in [2.75, 3.05) is 26.2 Å². The van der Waals surface area contributed by atoms with Crippen LogP contribution in [-0.2, 0) is 20.6 Å². The second kappa shape index (κ2) is 23.2. The topological polar surface area (TPSA) is 119 Å². The maximum atomic E-state index is 13.2. The molecule has 1 aromatic rings. The smallest absolute Gasteiger partial charge is 0.235 e. The Bertz CT molecular complexity index is 820. The van der Waals surface area contributed by atoms with Crippen molar-refractivity contribution >= 4 is 15.9 Å². The van der Waals surface area contributed by atoms with Gasteiger partial charge in [0.15, 0.2) is 0 Å². The van der Waals surface area contributed by atoms with E-state index >= 15 is 0 Å². The van der Waals surface area contributed by atoms with Crippen molar-refractivity contribution in [1.29, 1.82) is 0 Å². The van der Waals surface area contributed by atoms with E-state index in [1.54, 1.807) is 12.1 Å². The second-order valence-electron chi connectivity index (χ2n) is 11.0. The van der Waals surface area contributed by atoms with Crippen LogP contribution < -0.4 is 16.8 Å². The molecule has 0 unspecified atom stereocenters. The van der Waals surface area contributed by atoms with E-state index in [4.69, 9.17) is 11.5 Å². The monoisotopic (exact) mass is 566 g/mol. The van der Waals surface area contributed by atoms with Crippen LogP contribution in [0.25, 0.3) is 0 Å². The minimum absolute atomic E-state index is 0.131. The molecule has 0 aliphatic heterocycles. The standard InChI is InChI=1S/C31H58N4O3S/c1-2-3-4-5-6-7-8-9-10-11-12-13-14-20-25-34-31(36)27-35(26-30(33)23-18-19-24-32)39(37,38)28-29-21-16-15-17-22-29/h15-17,21-22,30H,2-14,18-20,23-28,32-33H2,1H3,(H,34,36)/t30-/m0/s1. The largest absolute Gasteiger partial charge is 0.355 e. The van der Waals surface area contributed by atoms with Crippen molar-refractivity contribution in [3.05, 3.63) is 35.9 Å². The SMILES string of the molecule is CCCCCCCCCCCCCCCCNC(=O)CN(C[C@@H](N)CCCCN)S(=O)(=O)Cc1ccccc1. The van der Waals surface area contributed by atoms with Gasteiger partial charge in [0, 0.05) is 19.1 Å². The van der Waals surface area contributed by atoms with Crippen molar-refractivity contribution in [1.82, 2.24) is 9.62 Å². The van der Waals surface area contributed by atoms with Crippen molar-refractivity contribution in [3.8, 4) is 0 Å². The van der Waals surface area contributed by atoms with E-state index in [0.717, 1.165) is 25.7 Å². The zero-order valence-electron chi connectivity index (χ0n) is 24.8. The molecule has 0 bridgehead atoms. The minimum atomic E-state index is -3.69. The molecule has 0 aromatic heterocycles. The zero-order valence-corrected chi connectivity index (χ0v) is 25.6. The van der Waals surface area contributed by atoms with Gasteiger partial charge < -0.3 is 16.8 Å². The lowest BCUT2D eigenvalue weighted by atomic mass is 10.0. The van der Waals surface area contributed by atoms with Crippen molar-refractivity contribution < 1.29 is 13.2 Å². The highest BCUT2D eigenvalue weighted by Crippen LogP contribution is 2.14. The molecule has 1 rings (SSSR count). The van der Waals surface area contributed by atoms with Gasteiger partial charge in [0.05, 0.1) is 12.3 Å². The highest BCUT2D eigenvalue weighted by molar-refractivity contribution is 7.88. The number of sulfonamides is 1. The van der Waals surface area contributed by atoms with Crippen LogP contribution >= 0.6 is 0 Å². The maximum absolute atomic E-state index is 13.2. The Kier molecular flexibility index (Phi) is 21.2. The molecular weight excluding hydrogens is 508 g/mol. The third-order valence-corrected chi connectivity index (χ3v) is 8.99. The number of amides is 1. The first kappa shape index (κ1) is 35.5. The van der Waals surface area contributed by atoms with Gasteiger partial charge in [-0.15, -0.1) is 0 Å². The van der Waals surface area contributed by atoms with Crippen LogP contribution in [0.4, 0.5) is 0 Å². The third kappa shape index (κ3) is 19.3. The van der Waals surface area contributed by atoms with Gasteiger partial charge >= 0.3 is 0 Å². The molecule has 1 aromatic carbocycles. The number of carbonyl (C=O) groups is 1. The van der Waals surface area contributed by atoms with Gasteiger partial charge in [0.2, 0.25) is 15.9 Å². The van der Waals surface area contributed by atoms with Crippen LogP contribution in [0.5, 0.6) is 0 Å². The van der Waals surface area contributed by atoms with E-state index in [-0.39, 0.29) is 30.8 Å². The Morgan fingerprint density at radius 3 is 1.90 bits per heavy atom. The summed E-state index contributed by atoms with van der Waals surface area (Å²) in [5, 5.41) is 2.92. The van der Waals surface area contributed by atoms with E-state index < -0.39 is 10.0 Å². The first-order valence-corrected chi connectivity index (χ1v) is 17.2. The predicted octanol–water partition coefficient (Wildman–Crippen LogP) is 5.87. The van der Waals surface area contributed by atoms with Crippen LogP contribution in [0.2, 0.25) is 0 Å². The number of unbranched alkanes of at least 4 members (excludes halogenated alkanes) is 14. The molecule has 0 heterocycles. The average molecular weight is 567 g/mol. The van der Waals surface area contributed by atoms with E-state index in [2.05, 4.69) is 12.2 Å². The Balaban J connectivity index is 2.29. The fourth-order valence-corrected chi connectivity index (χ4v) is 6.35. The Morgan fingerprint density at radius 2 is 1.36 bits per heavy atom. The summed E-state index contributed by atoms with van der Waals surface area (Å²) in [6.45, 7) is 3.36. The normalized spacial score (nSPS) is 12.6. The van der Waals surface area contributed by atoms with E-state index in [0.29, 0.717) is 25.1 Å². The van der Waals surface area contributed by atoms with Crippen LogP contribution in [0, 0.1) is 0 Å². The Hall–Kier alpha value is -1.48. The first-order valence-electron chi connectivity index (χ1n) is 15.6. The molecule has 8 heteroatoms. The van der Waals surface area contributed by atoms with Gasteiger partial charge in [-0.3, -0.25) is 4.79 Å². The molecule has 226 valence electrons. The summed E-state index contributed by atoms with van der Waals surface area (Å²) in [7, 11) is -3.69. The summed E-state index contributed by atoms with van der Waals surface area (Å²) in [4.78, 5) is 12.7. The summed E-state index contributed by atoms with van der Waals surface area (Å²) >= 11 is 0. The maximum Gasteiger partial charge on any atom is 0.235 e. The number of carbonyl (C=O) groups excluding carboxylic acids is 1. The number of hydrogen-bond acceptors (Lipinski definition) is 5. The van der Waals surface area contributed by atoms with E-state index in [1.165, 1.54) is 81.4 Å². The van der Waals surface area contributed by atoms with Gasteiger partial charge in [-0.05, 0) is 31.4 Å². The number of rotatable bonds is 26. The van der Waals surface area contributed by atoms with E-state index in [1.807, 2.05) is 18.2 Å². The molecule has 0 spiro atoms. The third-order valence-electron chi connectivity index (χ3n) is 7.22. The van der Waals surface area contributed by atoms with Crippen molar-refractivity contribution in [2.24, 2.45) is 11.5 Å². The zero-order chi connectivity index (χ0) is 28.6. The molecule has 0 fully saturated rings. The molecule has 0 saturated carbocycles. The Labute approximate surface area is 239 Å². The fourth-order valence-electron chi connectivity index (χ4n) is 4.82. The first-order chi connectivity index (χ1) is 18.9. The Morgan fingerprint density at radius 1 is 0.821 bits per heavy atom. The highest BCUT2D eigenvalue weighted by Gasteiger charge is 2.26. The lowest BCUT2D eigenvalue weighted by Crippen LogP contribution is -2.46. The quantitative estimate of drug-likeness (QED) is 0.121. The highest BCUT2D eigenvalue weighted by atomic mass is 32.2. The number of hydrogen-bond donors (Lipinski definition) is 3. The van der Waals surface area contributed by atoms with Gasteiger partial charge in [-0.2, -0.15) is 4.31 Å². The van der Waals surface area contributed by atoms with Gasteiger partial charge in [-0.1, -0.05) is 127 Å². The fraction of sp³-hybridized carbons (Fsp3) is 0.774. The van der Waals surface area contributed by atoms with Crippen molar-refractivity contribution in [3.63, 3.8) is 0 Å². The molecule has 0 radical (unpaired) electrons. The molecule has 5 N–H and O–H groups in total. The second-order valence-corrected chi connectivity index (χ2v) is 13.0. The molecular formula is C31H58N4O3S.